The van der Waals surface area contributed by atoms with E-state index in [1.165, 1.54) is 37.6 Å². The second-order valence-corrected chi connectivity index (χ2v) is 9.66. The van der Waals surface area contributed by atoms with Crippen LogP contribution in [0.25, 0.3) is 11.1 Å². The highest BCUT2D eigenvalue weighted by Gasteiger charge is 2.30. The molecule has 1 saturated heterocycles. The maximum Gasteiger partial charge on any atom is 0.303 e. The molecule has 1 unspecified atom stereocenters. The Morgan fingerprint density at radius 3 is 2.85 bits per heavy atom. The molecule has 0 bridgehead atoms. The first-order valence-corrected chi connectivity index (χ1v) is 13.0. The number of Topliss-reactive ketones (excluding diaryl/α,β-unsaturated/α-hetero) is 1. The molecule has 0 spiro atoms. The number of halogens is 2. The molecule has 3 heterocycles. The third-order valence-corrected chi connectivity index (χ3v) is 6.74. The largest absolute Gasteiger partial charge is 0.495 e. The standard InChI is InChI=1S/C28H28F2N4O7/c1-15(39-19-9-10-34(14-19)28-31-13-18(40-28)5-8-24(36)37)22(35)11-16-3-6-20-26(25(16)30)41-27(32-20)33-21-12-17(29)4-7-23(21)38-2/h3-4,6-7,12-13,15,19H,5,8-11,14H2,1-2H3,(H,32,33)(H,36,37)/t15?,19-/m0/s1. The highest BCUT2D eigenvalue weighted by atomic mass is 19.1. The van der Waals surface area contributed by atoms with Crippen LogP contribution in [-0.2, 0) is 27.2 Å². The lowest BCUT2D eigenvalue weighted by Gasteiger charge is -2.18. The molecule has 2 atom stereocenters. The van der Waals surface area contributed by atoms with Crippen molar-refractivity contribution in [1.29, 1.82) is 0 Å². The van der Waals surface area contributed by atoms with Gasteiger partial charge in [-0.3, -0.25) is 9.59 Å². The van der Waals surface area contributed by atoms with Crippen molar-refractivity contribution in [3.63, 3.8) is 0 Å². The van der Waals surface area contributed by atoms with Crippen molar-refractivity contribution in [2.75, 3.05) is 30.4 Å². The van der Waals surface area contributed by atoms with E-state index in [-0.39, 0.29) is 59.5 Å². The van der Waals surface area contributed by atoms with Gasteiger partial charge in [0, 0.05) is 32.0 Å². The van der Waals surface area contributed by atoms with Crippen LogP contribution in [0.3, 0.4) is 0 Å². The van der Waals surface area contributed by atoms with Crippen LogP contribution in [0.5, 0.6) is 5.75 Å². The zero-order chi connectivity index (χ0) is 29.1. The van der Waals surface area contributed by atoms with Gasteiger partial charge in [0.1, 0.15) is 28.9 Å². The lowest BCUT2D eigenvalue weighted by atomic mass is 10.0. The minimum absolute atomic E-state index is 0.0495. The maximum atomic E-state index is 15.3. The number of benzene rings is 2. The summed E-state index contributed by atoms with van der Waals surface area (Å²) < 4.78 is 51.4. The molecule has 1 aliphatic rings. The Hall–Kier alpha value is -4.52. The van der Waals surface area contributed by atoms with Crippen molar-refractivity contribution in [3.8, 4) is 5.75 Å². The van der Waals surface area contributed by atoms with Gasteiger partial charge >= 0.3 is 5.97 Å². The third kappa shape index (κ3) is 6.46. The van der Waals surface area contributed by atoms with E-state index in [1.807, 2.05) is 4.90 Å². The van der Waals surface area contributed by atoms with Gasteiger partial charge in [-0.05, 0) is 37.1 Å². The predicted molar refractivity (Wildman–Crippen MR) is 143 cm³/mol. The molecule has 41 heavy (non-hydrogen) atoms. The van der Waals surface area contributed by atoms with Crippen LogP contribution in [0, 0.1) is 11.6 Å². The molecule has 0 saturated carbocycles. The van der Waals surface area contributed by atoms with Crippen molar-refractivity contribution < 1.29 is 41.8 Å². The zero-order valence-electron chi connectivity index (χ0n) is 22.4. The lowest BCUT2D eigenvalue weighted by Crippen LogP contribution is -2.30. The van der Waals surface area contributed by atoms with Gasteiger partial charge in [-0.1, -0.05) is 6.07 Å². The Labute approximate surface area is 233 Å². The van der Waals surface area contributed by atoms with E-state index >= 15 is 4.39 Å². The molecule has 1 aliphatic heterocycles. The summed E-state index contributed by atoms with van der Waals surface area (Å²) in [6, 6.07) is 7.20. The number of carboxylic acids is 1. The molecule has 1 fully saturated rings. The van der Waals surface area contributed by atoms with Gasteiger partial charge in [0.05, 0.1) is 31.5 Å². The predicted octanol–water partition coefficient (Wildman–Crippen LogP) is 4.66. The number of oxazole rings is 2. The van der Waals surface area contributed by atoms with Crippen molar-refractivity contribution in [3.05, 3.63) is 59.5 Å². The molecular weight excluding hydrogens is 542 g/mol. The Balaban J connectivity index is 1.19. The van der Waals surface area contributed by atoms with Crippen molar-refractivity contribution >= 4 is 40.6 Å². The molecule has 13 heteroatoms. The zero-order valence-corrected chi connectivity index (χ0v) is 22.4. The number of aliphatic carboxylic acids is 1. The molecule has 216 valence electrons. The molecule has 4 aromatic rings. The Morgan fingerprint density at radius 2 is 2.07 bits per heavy atom. The van der Waals surface area contributed by atoms with Gasteiger partial charge in [0.15, 0.2) is 17.2 Å². The van der Waals surface area contributed by atoms with E-state index in [0.717, 1.165) is 0 Å². The van der Waals surface area contributed by atoms with E-state index in [1.54, 1.807) is 13.0 Å². The molecule has 0 amide bonds. The van der Waals surface area contributed by atoms with Crippen LogP contribution >= 0.6 is 0 Å². The van der Waals surface area contributed by atoms with Crippen LogP contribution in [0.1, 0.15) is 31.1 Å². The topological polar surface area (TPSA) is 140 Å². The van der Waals surface area contributed by atoms with Gasteiger partial charge in [0.25, 0.3) is 12.0 Å². The maximum absolute atomic E-state index is 15.3. The van der Waals surface area contributed by atoms with Crippen LogP contribution in [-0.4, -0.2) is 59.2 Å². The second kappa shape index (κ2) is 11.9. The minimum atomic E-state index is -0.916. The summed E-state index contributed by atoms with van der Waals surface area (Å²) in [6.45, 7) is 2.67. The molecular formula is C28H28F2N4O7. The molecule has 2 aromatic heterocycles. The van der Waals surface area contributed by atoms with Gasteiger partial charge in [-0.15, -0.1) is 0 Å². The van der Waals surface area contributed by atoms with Crippen molar-refractivity contribution in [1.82, 2.24) is 9.97 Å². The first-order chi connectivity index (χ1) is 19.7. The molecule has 11 nitrogen and oxygen atoms in total. The molecule has 0 radical (unpaired) electrons. The van der Waals surface area contributed by atoms with Crippen LogP contribution in [0.2, 0.25) is 0 Å². The fraction of sp³-hybridized carbons (Fsp3) is 0.357. The number of hydrogen-bond acceptors (Lipinski definition) is 10. The highest BCUT2D eigenvalue weighted by Crippen LogP contribution is 2.31. The second-order valence-electron chi connectivity index (χ2n) is 9.66. The fourth-order valence-electron chi connectivity index (χ4n) is 4.58. The number of nitrogens with zero attached hydrogens (tertiary/aromatic N) is 3. The monoisotopic (exact) mass is 570 g/mol. The number of hydrogen-bond donors (Lipinski definition) is 2. The first kappa shape index (κ1) is 28.0. The summed E-state index contributed by atoms with van der Waals surface area (Å²) in [5, 5.41) is 11.6. The van der Waals surface area contributed by atoms with E-state index in [2.05, 4.69) is 15.3 Å². The molecule has 2 N–H and O–H groups in total. The van der Waals surface area contributed by atoms with Crippen LogP contribution < -0.4 is 15.0 Å². The number of ketones is 1. The summed E-state index contributed by atoms with van der Waals surface area (Å²) in [5.74, 6) is -1.61. The summed E-state index contributed by atoms with van der Waals surface area (Å²) in [7, 11) is 1.43. The van der Waals surface area contributed by atoms with Gasteiger partial charge in [-0.2, -0.15) is 4.98 Å². The number of aryl methyl sites for hydroxylation is 1. The smallest absolute Gasteiger partial charge is 0.303 e. The Bertz CT molecular complexity index is 1570. The van der Waals surface area contributed by atoms with Crippen molar-refractivity contribution in [2.45, 2.75) is 44.8 Å². The van der Waals surface area contributed by atoms with Gasteiger partial charge in [-0.25, -0.2) is 13.8 Å². The summed E-state index contributed by atoms with van der Waals surface area (Å²) >= 11 is 0. The van der Waals surface area contributed by atoms with Crippen LogP contribution in [0.15, 0.2) is 45.4 Å². The molecule has 0 aliphatic carbocycles. The number of carbonyl (C=O) groups is 2. The van der Waals surface area contributed by atoms with E-state index in [0.29, 0.717) is 37.0 Å². The molecule has 2 aromatic carbocycles. The summed E-state index contributed by atoms with van der Waals surface area (Å²) in [6.07, 6.45) is 1.07. The normalized spacial score (nSPS) is 15.8. The Morgan fingerprint density at radius 1 is 1.24 bits per heavy atom. The van der Waals surface area contributed by atoms with Gasteiger partial charge in [0.2, 0.25) is 0 Å². The van der Waals surface area contributed by atoms with Crippen molar-refractivity contribution in [2.24, 2.45) is 0 Å². The van der Waals surface area contributed by atoms with E-state index < -0.39 is 23.7 Å². The fourth-order valence-corrected chi connectivity index (χ4v) is 4.58. The lowest BCUT2D eigenvalue weighted by molar-refractivity contribution is -0.137. The molecule has 5 rings (SSSR count). The Kier molecular flexibility index (Phi) is 8.15. The summed E-state index contributed by atoms with van der Waals surface area (Å²) in [4.78, 5) is 34.0. The average Bonchev–Trinajstić information content (AvgIpc) is 3.69. The first-order valence-electron chi connectivity index (χ1n) is 13.0. The highest BCUT2D eigenvalue weighted by molar-refractivity contribution is 5.86. The number of rotatable bonds is 12. The number of nitrogens with one attached hydrogen (secondary N) is 1. The number of fused-ring (bicyclic) bond motifs is 1. The van der Waals surface area contributed by atoms with E-state index in [9.17, 15) is 14.0 Å². The number of aromatic nitrogens is 2. The van der Waals surface area contributed by atoms with Gasteiger partial charge < -0.3 is 33.6 Å². The minimum Gasteiger partial charge on any atom is -0.495 e. The SMILES string of the molecule is COc1ccc(F)cc1Nc1nc2ccc(CC(=O)C(C)O[C@H]3CCN(c4ncc(CCC(=O)O)o4)C3)c(F)c2o1. The summed E-state index contributed by atoms with van der Waals surface area (Å²) in [5.41, 5.74) is 0.477. The number of carboxylic acid groups (broad SMARTS) is 1. The number of anilines is 3. The number of methoxy groups -OCH3 is 1. The average molecular weight is 571 g/mol. The quantitative estimate of drug-likeness (QED) is 0.246. The third-order valence-electron chi connectivity index (χ3n) is 6.74. The number of carbonyl (C=O) groups excluding carboxylic acids is 1. The van der Waals surface area contributed by atoms with E-state index in [4.69, 9.17) is 23.4 Å². The number of ether oxygens (including phenoxy) is 2. The van der Waals surface area contributed by atoms with Crippen LogP contribution in [0.4, 0.5) is 26.5 Å².